The van der Waals surface area contributed by atoms with Gasteiger partial charge in [0, 0.05) is 6.07 Å². The first-order valence-corrected chi connectivity index (χ1v) is 9.74. The molecule has 2 aromatic carbocycles. The van der Waals surface area contributed by atoms with Crippen molar-refractivity contribution in [1.29, 1.82) is 0 Å². The van der Waals surface area contributed by atoms with Gasteiger partial charge in [-0.25, -0.2) is 9.59 Å². The molecule has 0 saturated heterocycles. The molecule has 2 heterocycles. The Bertz CT molecular complexity index is 1330. The third-order valence-corrected chi connectivity index (χ3v) is 4.51. The fourth-order valence-corrected chi connectivity index (χ4v) is 2.99. The van der Waals surface area contributed by atoms with E-state index in [2.05, 4.69) is 0 Å². The Hall–Kier alpha value is -4.33. The van der Waals surface area contributed by atoms with Crippen molar-refractivity contribution in [3.05, 3.63) is 88.2 Å². The third kappa shape index (κ3) is 4.24. The monoisotopic (exact) mass is 434 g/mol. The second kappa shape index (κ2) is 8.81. The van der Waals surface area contributed by atoms with Crippen LogP contribution in [0.4, 0.5) is 0 Å². The van der Waals surface area contributed by atoms with E-state index in [-0.39, 0.29) is 46.0 Å². The molecule has 8 heteroatoms. The minimum Gasteiger partial charge on any atom is -0.462 e. The second-order valence-electron chi connectivity index (χ2n) is 6.69. The van der Waals surface area contributed by atoms with Gasteiger partial charge in [-0.3, -0.25) is 4.79 Å². The van der Waals surface area contributed by atoms with Gasteiger partial charge < -0.3 is 23.0 Å². The molecule has 0 bridgehead atoms. The lowest BCUT2D eigenvalue weighted by molar-refractivity contribution is 0.0526. The van der Waals surface area contributed by atoms with E-state index in [4.69, 9.17) is 23.0 Å². The van der Waals surface area contributed by atoms with Crippen LogP contribution in [0.3, 0.4) is 0 Å². The maximum Gasteiger partial charge on any atom is 0.379 e. The first kappa shape index (κ1) is 20.9. The topological polar surface area (TPSA) is 105 Å². The highest BCUT2D eigenvalue weighted by atomic mass is 16.5. The van der Waals surface area contributed by atoms with Crippen molar-refractivity contribution in [3.63, 3.8) is 0 Å². The number of carbonyl (C=O) groups is 2. The molecule has 0 aliphatic carbocycles. The summed E-state index contributed by atoms with van der Waals surface area (Å²) in [5, 5.41) is 0.256. The highest BCUT2D eigenvalue weighted by Gasteiger charge is 2.17. The Morgan fingerprint density at radius 2 is 1.72 bits per heavy atom. The van der Waals surface area contributed by atoms with Gasteiger partial charge in [-0.1, -0.05) is 0 Å². The number of carbonyl (C=O) groups excluding carboxylic acids is 2. The van der Waals surface area contributed by atoms with Gasteiger partial charge >= 0.3 is 11.9 Å². The normalized spacial score (nSPS) is 10.7. The predicted molar refractivity (Wildman–Crippen MR) is 113 cm³/mol. The van der Waals surface area contributed by atoms with Gasteiger partial charge in [-0.2, -0.15) is 0 Å². The molecule has 32 heavy (non-hydrogen) atoms. The average Bonchev–Trinajstić information content (AvgIpc) is 3.32. The van der Waals surface area contributed by atoms with Crippen molar-refractivity contribution in [1.82, 2.24) is 0 Å². The molecule has 4 aromatic rings. The van der Waals surface area contributed by atoms with Crippen molar-refractivity contribution in [2.45, 2.75) is 13.8 Å². The molecule has 0 fully saturated rings. The number of hydrogen-bond acceptors (Lipinski definition) is 8. The standard InChI is InChI=1S/C24H18O8/c1-3-28-23(26)15-6-8-16(9-7-15)31-22-14(2)30-20-13-17(10-11-18(20)21(22)25)32-24(27)19-5-4-12-29-19/h4-13H,3H2,1-2H3. The van der Waals surface area contributed by atoms with Crippen molar-refractivity contribution in [2.24, 2.45) is 0 Å². The van der Waals surface area contributed by atoms with Crippen molar-refractivity contribution in [3.8, 4) is 17.2 Å². The molecule has 0 aliphatic heterocycles. The molecule has 4 rings (SSSR count). The van der Waals surface area contributed by atoms with E-state index >= 15 is 0 Å². The lowest BCUT2D eigenvalue weighted by atomic mass is 10.2. The molecule has 0 N–H and O–H groups in total. The summed E-state index contributed by atoms with van der Waals surface area (Å²) < 4.78 is 26.7. The van der Waals surface area contributed by atoms with Gasteiger partial charge in [0.1, 0.15) is 22.8 Å². The Morgan fingerprint density at radius 3 is 2.41 bits per heavy atom. The number of hydrogen-bond donors (Lipinski definition) is 0. The van der Waals surface area contributed by atoms with Crippen LogP contribution in [0, 0.1) is 6.92 Å². The van der Waals surface area contributed by atoms with E-state index in [1.807, 2.05) is 0 Å². The van der Waals surface area contributed by atoms with E-state index in [0.717, 1.165) is 0 Å². The maximum atomic E-state index is 13.0. The number of rotatable bonds is 6. The van der Waals surface area contributed by atoms with Crippen LogP contribution in [-0.4, -0.2) is 18.5 Å². The number of benzene rings is 2. The lowest BCUT2D eigenvalue weighted by Crippen LogP contribution is -2.09. The predicted octanol–water partition coefficient (Wildman–Crippen LogP) is 4.88. The molecule has 0 saturated carbocycles. The van der Waals surface area contributed by atoms with Crippen LogP contribution in [0.2, 0.25) is 0 Å². The van der Waals surface area contributed by atoms with Crippen molar-refractivity contribution < 1.29 is 32.6 Å². The Morgan fingerprint density at radius 1 is 0.969 bits per heavy atom. The van der Waals surface area contributed by atoms with E-state index < -0.39 is 11.9 Å². The van der Waals surface area contributed by atoms with E-state index in [1.54, 1.807) is 44.2 Å². The summed E-state index contributed by atoms with van der Waals surface area (Å²) in [5.74, 6) is -0.237. The Balaban J connectivity index is 1.59. The summed E-state index contributed by atoms with van der Waals surface area (Å²) in [5.41, 5.74) is 0.225. The molecule has 0 amide bonds. The molecular formula is C24H18O8. The average molecular weight is 434 g/mol. The van der Waals surface area contributed by atoms with Gasteiger partial charge in [0.15, 0.2) is 0 Å². The third-order valence-electron chi connectivity index (χ3n) is 4.51. The molecular weight excluding hydrogens is 416 g/mol. The summed E-state index contributed by atoms with van der Waals surface area (Å²) >= 11 is 0. The van der Waals surface area contributed by atoms with Gasteiger partial charge in [-0.15, -0.1) is 0 Å². The first-order valence-electron chi connectivity index (χ1n) is 9.74. The van der Waals surface area contributed by atoms with Crippen LogP contribution in [0.25, 0.3) is 11.0 Å². The number of ether oxygens (including phenoxy) is 3. The SMILES string of the molecule is CCOC(=O)c1ccc(Oc2c(C)oc3cc(OC(=O)c4ccco4)ccc3c2=O)cc1. The fourth-order valence-electron chi connectivity index (χ4n) is 2.99. The van der Waals surface area contributed by atoms with Gasteiger partial charge in [0.05, 0.1) is 23.8 Å². The second-order valence-corrected chi connectivity index (χ2v) is 6.69. The summed E-state index contributed by atoms with van der Waals surface area (Å²) in [6, 6.07) is 13.7. The highest BCUT2D eigenvalue weighted by Crippen LogP contribution is 2.28. The van der Waals surface area contributed by atoms with Crippen molar-refractivity contribution in [2.75, 3.05) is 6.61 Å². The smallest absolute Gasteiger partial charge is 0.379 e. The van der Waals surface area contributed by atoms with Crippen LogP contribution in [0.5, 0.6) is 17.2 Å². The summed E-state index contributed by atoms with van der Waals surface area (Å²) in [4.78, 5) is 36.8. The van der Waals surface area contributed by atoms with Crippen LogP contribution in [-0.2, 0) is 4.74 Å². The Labute approximate surface area is 181 Å². The summed E-state index contributed by atoms with van der Waals surface area (Å²) in [6.07, 6.45) is 1.37. The molecule has 162 valence electrons. The number of aryl methyl sites for hydroxylation is 1. The van der Waals surface area contributed by atoms with Crippen LogP contribution < -0.4 is 14.9 Å². The van der Waals surface area contributed by atoms with Crippen LogP contribution >= 0.6 is 0 Å². The highest BCUT2D eigenvalue weighted by molar-refractivity contribution is 5.90. The zero-order valence-electron chi connectivity index (χ0n) is 17.2. The molecule has 0 atom stereocenters. The minimum absolute atomic E-state index is 0.0155. The van der Waals surface area contributed by atoms with Gasteiger partial charge in [-0.05, 0) is 62.4 Å². The van der Waals surface area contributed by atoms with E-state index in [1.165, 1.54) is 30.5 Å². The van der Waals surface area contributed by atoms with Crippen LogP contribution in [0.1, 0.15) is 33.6 Å². The molecule has 0 unspecified atom stereocenters. The largest absolute Gasteiger partial charge is 0.462 e. The zero-order chi connectivity index (χ0) is 22.7. The van der Waals surface area contributed by atoms with Crippen LogP contribution in [0.15, 0.2) is 74.5 Å². The van der Waals surface area contributed by atoms with Gasteiger partial charge in [0.2, 0.25) is 16.9 Å². The quantitative estimate of drug-likeness (QED) is 0.312. The van der Waals surface area contributed by atoms with Gasteiger partial charge in [0.25, 0.3) is 0 Å². The molecule has 8 nitrogen and oxygen atoms in total. The van der Waals surface area contributed by atoms with E-state index in [9.17, 15) is 14.4 Å². The summed E-state index contributed by atoms with van der Waals surface area (Å²) in [7, 11) is 0. The summed E-state index contributed by atoms with van der Waals surface area (Å²) in [6.45, 7) is 3.59. The number of furan rings is 1. The molecule has 0 aliphatic rings. The number of fused-ring (bicyclic) bond motifs is 1. The maximum absolute atomic E-state index is 13.0. The van der Waals surface area contributed by atoms with Crippen molar-refractivity contribution >= 4 is 22.9 Å². The first-order chi connectivity index (χ1) is 15.5. The fraction of sp³-hybridized carbons (Fsp3) is 0.125. The lowest BCUT2D eigenvalue weighted by Gasteiger charge is -2.10. The zero-order valence-corrected chi connectivity index (χ0v) is 17.2. The number of esters is 2. The molecule has 0 spiro atoms. The minimum atomic E-state index is -0.667. The molecule has 0 radical (unpaired) electrons. The molecule has 2 aromatic heterocycles. The van der Waals surface area contributed by atoms with E-state index in [0.29, 0.717) is 11.3 Å². The Kier molecular flexibility index (Phi) is 5.76.